The quantitative estimate of drug-likeness (QED) is 0.505. The van der Waals surface area contributed by atoms with Crippen molar-refractivity contribution < 1.29 is 13.4 Å². The van der Waals surface area contributed by atoms with Gasteiger partial charge in [-0.25, -0.2) is 0 Å². The van der Waals surface area contributed by atoms with Crippen LogP contribution in [0.5, 0.6) is 0 Å². The maximum absolute atomic E-state index is 12.4. The number of hydrazine groups is 1. The molecule has 0 aromatic heterocycles. The van der Waals surface area contributed by atoms with Crippen molar-refractivity contribution in [2.24, 2.45) is 0 Å². The summed E-state index contributed by atoms with van der Waals surface area (Å²) in [6.45, 7) is 1.69. The van der Waals surface area contributed by atoms with Gasteiger partial charge in [-0.2, -0.15) is 0 Å². The summed E-state index contributed by atoms with van der Waals surface area (Å²) >= 11 is 0. The molecule has 0 aliphatic carbocycles. The number of aryl methyl sites for hydroxylation is 1. The molecule has 0 aliphatic heterocycles. The lowest BCUT2D eigenvalue weighted by Gasteiger charge is -2.11. The molecular weight excluding hydrogens is 169 g/mol. The normalized spacial score (nSPS) is 10.4. The Hall–Kier alpha value is -1.23. The van der Waals surface area contributed by atoms with Gasteiger partial charge in [-0.15, -0.1) is 0 Å². The molecule has 5 heteroatoms. The van der Waals surface area contributed by atoms with Gasteiger partial charge in [-0.1, -0.05) is 30.8 Å². The van der Waals surface area contributed by atoms with Gasteiger partial charge in [0.15, 0.2) is 5.45 Å². The van der Waals surface area contributed by atoms with Crippen molar-refractivity contribution in [1.82, 2.24) is 5.45 Å². The number of anilines is 1. The van der Waals surface area contributed by atoms with Crippen LogP contribution in [0.2, 0.25) is 0 Å². The molecule has 0 saturated carbocycles. The first kappa shape index (κ1) is 8.86. The van der Waals surface area contributed by atoms with Crippen LogP contribution in [-0.2, 0) is 0 Å². The Balaban J connectivity index is 2.88. The number of hydrogen-bond acceptors (Lipinski definition) is 2. The smallest absolute Gasteiger partial charge is 0.0813 e. The Morgan fingerprint density at radius 2 is 1.83 bits per heavy atom. The second-order valence-electron chi connectivity index (χ2n) is 2.31. The van der Waals surface area contributed by atoms with Crippen LogP contribution >= 0.6 is 0 Å². The van der Waals surface area contributed by atoms with Gasteiger partial charge in [-0.3, -0.25) is 0 Å². The van der Waals surface area contributed by atoms with E-state index in [1.165, 1.54) is 18.2 Å². The first-order valence-corrected chi connectivity index (χ1v) is 3.25. The molecule has 0 atom stereocenters. The van der Waals surface area contributed by atoms with Gasteiger partial charge in [0, 0.05) is 0 Å². The molecule has 0 N–H and O–H groups in total. The average Bonchev–Trinajstić information content (AvgIpc) is 2.03. The molecule has 0 aliphatic rings. The van der Waals surface area contributed by atoms with Crippen LogP contribution in [0, 0.1) is 6.92 Å². The van der Waals surface area contributed by atoms with E-state index < -0.39 is 10.7 Å². The third-order valence-electron chi connectivity index (χ3n) is 1.35. The van der Waals surface area contributed by atoms with E-state index in [9.17, 15) is 13.4 Å². The Morgan fingerprint density at radius 1 is 1.17 bits per heavy atom. The Kier molecular flexibility index (Phi) is 2.54. The molecule has 0 spiro atoms. The highest BCUT2D eigenvalue weighted by molar-refractivity contribution is 5.44. The van der Waals surface area contributed by atoms with Gasteiger partial charge in [0.25, 0.3) is 0 Å². The largest absolute Gasteiger partial charge is 0.151 e. The van der Waals surface area contributed by atoms with E-state index in [0.29, 0.717) is 0 Å². The molecule has 1 aromatic rings. The van der Waals surface area contributed by atoms with E-state index in [1.807, 2.05) is 0 Å². The van der Waals surface area contributed by atoms with Crippen molar-refractivity contribution in [3.05, 3.63) is 29.8 Å². The van der Waals surface area contributed by atoms with Gasteiger partial charge in [0.2, 0.25) is 0 Å². The minimum atomic E-state index is -1.62. The second-order valence-corrected chi connectivity index (χ2v) is 2.31. The zero-order chi connectivity index (χ0) is 9.14. The lowest BCUT2D eigenvalue weighted by atomic mass is 10.2. The van der Waals surface area contributed by atoms with Crippen molar-refractivity contribution in [2.45, 2.75) is 6.92 Å². The summed E-state index contributed by atoms with van der Waals surface area (Å²) in [5.74, 6) is 0. The van der Waals surface area contributed by atoms with E-state index in [4.69, 9.17) is 0 Å². The SMILES string of the molecule is Cc1cccc(N(F)N(F)F)c1. The minimum Gasteiger partial charge on any atom is -0.0813 e. The van der Waals surface area contributed by atoms with Crippen LogP contribution in [0.25, 0.3) is 0 Å². The summed E-state index contributed by atoms with van der Waals surface area (Å²) in [7, 11) is 0. The van der Waals surface area contributed by atoms with Crippen molar-refractivity contribution in [3.8, 4) is 0 Å². The Bertz CT molecular complexity index is 265. The molecule has 0 heterocycles. The third kappa shape index (κ3) is 1.88. The van der Waals surface area contributed by atoms with Crippen molar-refractivity contribution in [1.29, 1.82) is 0 Å². The van der Waals surface area contributed by atoms with E-state index in [2.05, 4.69) is 0 Å². The predicted molar refractivity (Wildman–Crippen MR) is 38.8 cm³/mol. The first-order valence-electron chi connectivity index (χ1n) is 3.25. The van der Waals surface area contributed by atoms with E-state index in [1.54, 1.807) is 13.0 Å². The van der Waals surface area contributed by atoms with Crippen LogP contribution in [0.15, 0.2) is 24.3 Å². The number of benzene rings is 1. The Labute approximate surface area is 67.6 Å². The fourth-order valence-electron chi connectivity index (χ4n) is 0.830. The minimum absolute atomic E-state index is 0.194. The zero-order valence-corrected chi connectivity index (χ0v) is 6.34. The number of nitrogens with zero attached hydrogens (tertiary/aromatic N) is 2. The molecule has 0 fully saturated rings. The third-order valence-corrected chi connectivity index (χ3v) is 1.35. The average molecular weight is 176 g/mol. The summed E-state index contributed by atoms with van der Waals surface area (Å²) in [4.78, 5) is 0. The maximum Gasteiger partial charge on any atom is 0.151 e. The first-order chi connectivity index (χ1) is 5.61. The van der Waals surface area contributed by atoms with E-state index >= 15 is 0 Å². The lowest BCUT2D eigenvalue weighted by molar-refractivity contribution is -0.196. The van der Waals surface area contributed by atoms with Crippen LogP contribution in [-0.4, -0.2) is 5.45 Å². The molecule has 0 amide bonds. The van der Waals surface area contributed by atoms with Crippen molar-refractivity contribution >= 4 is 5.69 Å². The van der Waals surface area contributed by atoms with Crippen LogP contribution in [0.1, 0.15) is 5.56 Å². The predicted octanol–water partition coefficient (Wildman–Crippen LogP) is 2.67. The Morgan fingerprint density at radius 3 is 2.33 bits per heavy atom. The number of halogens is 3. The van der Waals surface area contributed by atoms with Gasteiger partial charge in [-0.05, 0) is 24.6 Å². The molecule has 0 bridgehead atoms. The van der Waals surface area contributed by atoms with Crippen LogP contribution in [0.3, 0.4) is 0 Å². The summed E-state index contributed by atoms with van der Waals surface area (Å²) in [6, 6.07) is 5.75. The summed E-state index contributed by atoms with van der Waals surface area (Å²) in [5, 5.41) is -0.729. The molecule has 2 nitrogen and oxygen atoms in total. The second kappa shape index (κ2) is 3.44. The highest BCUT2D eigenvalue weighted by Crippen LogP contribution is 2.18. The lowest BCUT2D eigenvalue weighted by Crippen LogP contribution is -2.21. The fraction of sp³-hybridized carbons (Fsp3) is 0.143. The number of hydrogen-bond donors (Lipinski definition) is 0. The molecular formula is C7H7F3N2. The molecule has 1 aromatic carbocycles. The molecule has 0 unspecified atom stereocenters. The van der Waals surface area contributed by atoms with Crippen LogP contribution < -0.4 is 5.23 Å². The van der Waals surface area contributed by atoms with Gasteiger partial charge in [0.05, 0.1) is 5.69 Å². The standard InChI is InChI=1S/C7H7F3N2/c1-6-3-2-4-7(5-6)11(8)12(9)10/h2-5H,1H3. The molecule has 0 saturated heterocycles. The molecule has 12 heavy (non-hydrogen) atoms. The topological polar surface area (TPSA) is 6.48 Å². The van der Waals surface area contributed by atoms with Crippen molar-refractivity contribution in [2.75, 3.05) is 5.23 Å². The van der Waals surface area contributed by atoms with Crippen LogP contribution in [0.4, 0.5) is 19.1 Å². The molecule has 66 valence electrons. The molecule has 1 rings (SSSR count). The summed E-state index contributed by atoms with van der Waals surface area (Å²) < 4.78 is 35.7. The van der Waals surface area contributed by atoms with Gasteiger partial charge < -0.3 is 0 Å². The maximum atomic E-state index is 12.4. The zero-order valence-electron chi connectivity index (χ0n) is 6.34. The highest BCUT2D eigenvalue weighted by atomic mass is 19.4. The monoisotopic (exact) mass is 176 g/mol. The fourth-order valence-corrected chi connectivity index (χ4v) is 0.830. The van der Waals surface area contributed by atoms with Gasteiger partial charge >= 0.3 is 0 Å². The van der Waals surface area contributed by atoms with E-state index in [0.717, 1.165) is 5.56 Å². The molecule has 0 radical (unpaired) electrons. The summed E-state index contributed by atoms with van der Waals surface area (Å²) in [6.07, 6.45) is 0. The summed E-state index contributed by atoms with van der Waals surface area (Å²) in [5.41, 5.74) is -1.09. The highest BCUT2D eigenvalue weighted by Gasteiger charge is 2.13. The van der Waals surface area contributed by atoms with Crippen molar-refractivity contribution in [3.63, 3.8) is 0 Å². The number of rotatable bonds is 2. The van der Waals surface area contributed by atoms with Gasteiger partial charge in [0.1, 0.15) is 0 Å². The van der Waals surface area contributed by atoms with E-state index in [-0.39, 0.29) is 5.69 Å².